The second-order valence-electron chi connectivity index (χ2n) is 14.5. The molecule has 0 saturated heterocycles. The number of rotatable bonds is 33. The number of ketones is 1. The maximum atomic E-state index is 13.9. The van der Waals surface area contributed by atoms with Gasteiger partial charge in [-0.25, -0.2) is 0 Å². The molecule has 3 amide bonds. The van der Waals surface area contributed by atoms with Crippen molar-refractivity contribution in [2.24, 2.45) is 5.92 Å². The highest BCUT2D eigenvalue weighted by molar-refractivity contribution is 7.52. The molecule has 1 saturated carbocycles. The van der Waals surface area contributed by atoms with Crippen LogP contribution in [0.15, 0.2) is 24.3 Å². The number of hydrogen-bond donors (Lipinski definition) is 3. The van der Waals surface area contributed by atoms with Gasteiger partial charge in [0.05, 0.1) is 78.1 Å². The largest absolute Gasteiger partial charge is 0.778 e. The van der Waals surface area contributed by atoms with Crippen molar-refractivity contribution in [3.05, 3.63) is 35.4 Å². The van der Waals surface area contributed by atoms with Gasteiger partial charge in [-0.05, 0) is 49.7 Å². The van der Waals surface area contributed by atoms with Crippen LogP contribution in [0.1, 0.15) is 63.5 Å². The first kappa shape index (κ1) is 51.3. The summed E-state index contributed by atoms with van der Waals surface area (Å²) in [5, 5.41) is 8.72. The second kappa shape index (κ2) is 30.2. The van der Waals surface area contributed by atoms with Crippen LogP contribution in [0.3, 0.4) is 0 Å². The van der Waals surface area contributed by atoms with Crippen molar-refractivity contribution in [3.63, 3.8) is 0 Å². The first-order chi connectivity index (χ1) is 27.9. The number of nitrogens with zero attached hydrogens (tertiary/aromatic N) is 1. The Balaban J connectivity index is 2.13. The Kier molecular flexibility index (Phi) is 26.7. The van der Waals surface area contributed by atoms with Gasteiger partial charge in [-0.2, -0.15) is 0 Å². The molecule has 18 heteroatoms. The van der Waals surface area contributed by atoms with Gasteiger partial charge in [-0.3, -0.25) is 24.1 Å². The number of carbonyl (C=O) groups is 4. The third-order valence-electron chi connectivity index (χ3n) is 9.52. The summed E-state index contributed by atoms with van der Waals surface area (Å²) >= 11 is 0. The molecule has 1 aromatic carbocycles. The Morgan fingerprint density at radius 1 is 0.741 bits per heavy atom. The fourth-order valence-electron chi connectivity index (χ4n) is 6.05. The van der Waals surface area contributed by atoms with E-state index < -0.39 is 25.4 Å². The minimum absolute atomic E-state index is 0.0960. The minimum Gasteiger partial charge on any atom is -0.778 e. The molecule has 0 heterocycles. The molecule has 1 aromatic rings. The van der Waals surface area contributed by atoms with Crippen LogP contribution in [-0.4, -0.2) is 153 Å². The molecule has 0 radical (unpaired) electrons. The molecule has 1 aliphatic rings. The highest BCUT2D eigenvalue weighted by Gasteiger charge is 2.31. The number of amides is 3. The van der Waals surface area contributed by atoms with Gasteiger partial charge in [0.2, 0.25) is 17.7 Å². The molecule has 58 heavy (non-hydrogen) atoms. The number of ether oxygens (including phenoxy) is 6. The van der Waals surface area contributed by atoms with Crippen molar-refractivity contribution in [1.29, 1.82) is 0 Å². The van der Waals surface area contributed by atoms with Gasteiger partial charge < -0.3 is 58.4 Å². The molecule has 0 spiro atoms. The number of methoxy groups -OCH3 is 3. The SMILES string of the molecule is COCCOCCCC(=O)CN(CC(=O)NCCOCCOC)[C@H](Cc1ccc(CNC(=O)C2CCC(OP(=O)([O-])C(C)C)CC2)cc1)C(=O)NCCOCCOC. The van der Waals surface area contributed by atoms with Crippen molar-refractivity contribution >= 4 is 31.1 Å². The van der Waals surface area contributed by atoms with E-state index in [9.17, 15) is 28.6 Å². The van der Waals surface area contributed by atoms with Gasteiger partial charge in [-0.15, -0.1) is 0 Å². The summed E-state index contributed by atoms with van der Waals surface area (Å²) in [4.78, 5) is 67.1. The maximum Gasteiger partial charge on any atom is 0.237 e. The summed E-state index contributed by atoms with van der Waals surface area (Å²) in [6, 6.07) is 6.58. The van der Waals surface area contributed by atoms with Crippen molar-refractivity contribution in [2.75, 3.05) is 107 Å². The summed E-state index contributed by atoms with van der Waals surface area (Å²) in [6.07, 6.45) is 2.56. The van der Waals surface area contributed by atoms with E-state index in [-0.39, 0.29) is 88.2 Å². The zero-order valence-electron chi connectivity index (χ0n) is 35.2. The Hall–Kier alpha value is -2.83. The zero-order valence-corrected chi connectivity index (χ0v) is 36.1. The molecule has 2 rings (SSSR count). The van der Waals surface area contributed by atoms with E-state index in [4.69, 9.17) is 32.9 Å². The average Bonchev–Trinajstić information content (AvgIpc) is 3.20. The van der Waals surface area contributed by atoms with E-state index in [1.807, 2.05) is 24.3 Å². The van der Waals surface area contributed by atoms with E-state index in [0.717, 1.165) is 11.1 Å². The Labute approximate surface area is 344 Å². The van der Waals surface area contributed by atoms with Crippen LogP contribution >= 0.6 is 7.60 Å². The van der Waals surface area contributed by atoms with Gasteiger partial charge in [0.1, 0.15) is 13.4 Å². The number of benzene rings is 1. The predicted octanol–water partition coefficient (Wildman–Crippen LogP) is 1.62. The van der Waals surface area contributed by atoms with Crippen LogP contribution < -0.4 is 20.8 Å². The van der Waals surface area contributed by atoms with Gasteiger partial charge >= 0.3 is 0 Å². The lowest BCUT2D eigenvalue weighted by Crippen LogP contribution is -2.53. The molecule has 1 aliphatic carbocycles. The van der Waals surface area contributed by atoms with Crippen LogP contribution in [0.2, 0.25) is 0 Å². The van der Waals surface area contributed by atoms with Crippen molar-refractivity contribution in [1.82, 2.24) is 20.9 Å². The fourth-order valence-corrected chi connectivity index (χ4v) is 6.92. The van der Waals surface area contributed by atoms with Gasteiger partial charge in [-0.1, -0.05) is 38.1 Å². The second-order valence-corrected chi connectivity index (χ2v) is 16.8. The summed E-state index contributed by atoms with van der Waals surface area (Å²) in [7, 11) is 0.804. The van der Waals surface area contributed by atoms with Crippen molar-refractivity contribution in [2.45, 2.75) is 83.1 Å². The van der Waals surface area contributed by atoms with Crippen molar-refractivity contribution in [3.8, 4) is 0 Å². The average molecular weight is 844 g/mol. The summed E-state index contributed by atoms with van der Waals surface area (Å²) in [5.74, 6) is -1.19. The van der Waals surface area contributed by atoms with Gasteiger partial charge in [0.25, 0.3) is 0 Å². The molecule has 0 aromatic heterocycles. The van der Waals surface area contributed by atoms with Gasteiger partial charge in [0, 0.05) is 65.6 Å². The molecule has 1 fully saturated rings. The molecule has 0 bridgehead atoms. The van der Waals surface area contributed by atoms with E-state index >= 15 is 0 Å². The number of nitrogens with one attached hydrogen (secondary N) is 3. The monoisotopic (exact) mass is 843 g/mol. The molecule has 17 nitrogen and oxygen atoms in total. The quantitative estimate of drug-likeness (QED) is 0.0679. The molecule has 0 aliphatic heterocycles. The zero-order chi connectivity index (χ0) is 42.6. The van der Waals surface area contributed by atoms with Crippen LogP contribution in [0.25, 0.3) is 0 Å². The van der Waals surface area contributed by atoms with Gasteiger partial charge in [0.15, 0.2) is 0 Å². The molecule has 2 atom stereocenters. The molecular weight excluding hydrogens is 775 g/mol. The van der Waals surface area contributed by atoms with E-state index in [2.05, 4.69) is 16.0 Å². The first-order valence-corrected chi connectivity index (χ1v) is 21.9. The molecule has 332 valence electrons. The highest BCUT2D eigenvalue weighted by Crippen LogP contribution is 2.46. The lowest BCUT2D eigenvalue weighted by atomic mass is 9.87. The van der Waals surface area contributed by atoms with E-state index in [1.54, 1.807) is 40.1 Å². The third kappa shape index (κ3) is 22.0. The summed E-state index contributed by atoms with van der Waals surface area (Å²) in [6.45, 7) is 6.96. The lowest BCUT2D eigenvalue weighted by molar-refractivity contribution is -0.205. The number of Topliss-reactive ketones (excluding diaryl/α,β-unsaturated/α-hetero) is 1. The van der Waals surface area contributed by atoms with Crippen LogP contribution in [0.5, 0.6) is 0 Å². The highest BCUT2D eigenvalue weighted by atomic mass is 31.2. The molecule has 3 N–H and O–H groups in total. The first-order valence-electron chi connectivity index (χ1n) is 20.2. The lowest BCUT2D eigenvalue weighted by Gasteiger charge is -2.35. The standard InChI is InChI=1S/C40H69N4O13P/c1-31(2)58(49,50)57-36-14-12-34(13-15-36)39(47)43-28-33-10-8-32(9-11-33)27-37(40(48)42-17-20-56-26-23-53-5)44(29-35(45)7-6-18-54-24-21-51-3)30-38(46)41-16-19-55-25-22-52-4/h8-11,31,34,36-37H,6-7,12-30H2,1-5H3,(H,41,46)(H,42,48)(H,43,47)(H,49,50)/p-1/t34?,36?,37-/m1/s1. The topological polar surface area (TPSA) is 212 Å². The van der Waals surface area contributed by atoms with Crippen LogP contribution in [0.4, 0.5) is 0 Å². The smallest absolute Gasteiger partial charge is 0.237 e. The van der Waals surface area contributed by atoms with Crippen LogP contribution in [-0.2, 0) is 69.7 Å². The Morgan fingerprint density at radius 2 is 1.29 bits per heavy atom. The number of hydrogen-bond acceptors (Lipinski definition) is 14. The minimum atomic E-state index is -3.93. The maximum absolute atomic E-state index is 13.9. The normalized spacial score (nSPS) is 17.2. The fraction of sp³-hybridized carbons (Fsp3) is 0.750. The van der Waals surface area contributed by atoms with E-state index in [0.29, 0.717) is 78.4 Å². The Bertz CT molecular complexity index is 1330. The molecular formula is C40H68N4O13P-. The number of carbonyl (C=O) groups excluding carboxylic acids is 4. The predicted molar refractivity (Wildman–Crippen MR) is 215 cm³/mol. The Morgan fingerprint density at radius 3 is 1.86 bits per heavy atom. The summed E-state index contributed by atoms with van der Waals surface area (Å²) in [5.41, 5.74) is 1.04. The summed E-state index contributed by atoms with van der Waals surface area (Å²) < 4.78 is 49.0. The third-order valence-corrected chi connectivity index (χ3v) is 11.4. The molecule has 1 unspecified atom stereocenters. The van der Waals surface area contributed by atoms with E-state index in [1.165, 1.54) is 0 Å². The van der Waals surface area contributed by atoms with Crippen LogP contribution in [0, 0.1) is 5.92 Å². The van der Waals surface area contributed by atoms with Crippen molar-refractivity contribution < 1.29 is 61.6 Å².